The first kappa shape index (κ1) is 22.0. The van der Waals surface area contributed by atoms with Crippen LogP contribution >= 0.6 is 11.3 Å². The smallest absolute Gasteiger partial charge is 0.489 e. The first-order valence-corrected chi connectivity index (χ1v) is 10.9. The van der Waals surface area contributed by atoms with Gasteiger partial charge in [0.1, 0.15) is 18.2 Å². The molecule has 10 heteroatoms. The molecule has 3 aromatic heterocycles. The molecular formula is C23H20N4O5S. The number of nitrogens with one attached hydrogen (secondary N) is 1. The zero-order valence-electron chi connectivity index (χ0n) is 17.6. The lowest BCUT2D eigenvalue weighted by molar-refractivity contribution is 0.102. The van der Waals surface area contributed by atoms with Crippen molar-refractivity contribution < 1.29 is 23.8 Å². The van der Waals surface area contributed by atoms with Gasteiger partial charge < -0.3 is 25.3 Å². The highest BCUT2D eigenvalue weighted by molar-refractivity contribution is 7.17. The van der Waals surface area contributed by atoms with E-state index < -0.39 is 6.16 Å². The number of carbonyl (C=O) groups is 2. The molecule has 0 unspecified atom stereocenters. The monoisotopic (exact) mass is 464 g/mol. The van der Waals surface area contributed by atoms with E-state index in [1.807, 2.05) is 5.38 Å². The molecule has 0 bridgehead atoms. The largest absolute Gasteiger partial charge is 0.513 e. The first-order chi connectivity index (χ1) is 16.0. The van der Waals surface area contributed by atoms with E-state index in [-0.39, 0.29) is 24.9 Å². The Morgan fingerprint density at radius 3 is 2.79 bits per heavy atom. The molecule has 33 heavy (non-hydrogen) atoms. The molecule has 0 fully saturated rings. The number of pyridine rings is 2. The zero-order valence-corrected chi connectivity index (χ0v) is 18.4. The van der Waals surface area contributed by atoms with E-state index in [2.05, 4.69) is 15.3 Å². The first-order valence-electron chi connectivity index (χ1n) is 9.98. The molecule has 0 aliphatic carbocycles. The third-order valence-electron chi connectivity index (χ3n) is 4.55. The lowest BCUT2D eigenvalue weighted by Gasteiger charge is -2.10. The van der Waals surface area contributed by atoms with Crippen molar-refractivity contribution in [2.24, 2.45) is 0 Å². The van der Waals surface area contributed by atoms with Crippen LogP contribution in [0.5, 0.6) is 11.5 Å². The lowest BCUT2D eigenvalue weighted by Crippen LogP contribution is -2.11. The number of hydrogen-bond acceptors (Lipinski definition) is 9. The molecule has 3 heterocycles. The molecule has 0 radical (unpaired) electrons. The van der Waals surface area contributed by atoms with Crippen molar-refractivity contribution in [2.45, 2.75) is 13.5 Å². The second kappa shape index (κ2) is 9.96. The average Bonchev–Trinajstić information content (AvgIpc) is 3.26. The van der Waals surface area contributed by atoms with Crippen molar-refractivity contribution in [1.29, 1.82) is 0 Å². The summed E-state index contributed by atoms with van der Waals surface area (Å²) in [4.78, 5) is 32.1. The van der Waals surface area contributed by atoms with Crippen molar-refractivity contribution >= 4 is 45.0 Å². The summed E-state index contributed by atoms with van der Waals surface area (Å²) in [5, 5.41) is 5.36. The lowest BCUT2D eigenvalue weighted by atomic mass is 10.2. The van der Waals surface area contributed by atoms with Gasteiger partial charge in [-0.15, -0.1) is 11.3 Å². The highest BCUT2D eigenvalue weighted by Crippen LogP contribution is 2.37. The summed E-state index contributed by atoms with van der Waals surface area (Å²) in [6.07, 6.45) is 3.71. The molecule has 1 amide bonds. The Bertz CT molecular complexity index is 1290. The summed E-state index contributed by atoms with van der Waals surface area (Å²) in [6.45, 7) is 2.10. The molecule has 168 valence electrons. The van der Waals surface area contributed by atoms with E-state index in [9.17, 15) is 9.59 Å². The van der Waals surface area contributed by atoms with Gasteiger partial charge >= 0.3 is 6.16 Å². The average molecular weight is 465 g/mol. The molecular weight excluding hydrogens is 444 g/mol. The summed E-state index contributed by atoms with van der Waals surface area (Å²) >= 11 is 1.36. The Hall–Kier alpha value is -4.18. The molecule has 3 N–H and O–H groups in total. The van der Waals surface area contributed by atoms with E-state index in [1.54, 1.807) is 55.7 Å². The van der Waals surface area contributed by atoms with Crippen LogP contribution in [0.15, 0.2) is 60.4 Å². The number of fused-ring (bicyclic) bond motifs is 1. The predicted octanol–water partition coefficient (Wildman–Crippen LogP) is 4.64. The van der Waals surface area contributed by atoms with Crippen LogP contribution in [-0.2, 0) is 11.3 Å². The Labute approximate surface area is 193 Å². The van der Waals surface area contributed by atoms with Gasteiger partial charge in [0.2, 0.25) is 0 Å². The molecule has 9 nitrogen and oxygen atoms in total. The normalized spacial score (nSPS) is 10.6. The van der Waals surface area contributed by atoms with Crippen molar-refractivity contribution in [1.82, 2.24) is 9.97 Å². The summed E-state index contributed by atoms with van der Waals surface area (Å²) in [5.41, 5.74) is 7.97. The third-order valence-corrected chi connectivity index (χ3v) is 5.60. The van der Waals surface area contributed by atoms with Gasteiger partial charge in [-0.2, -0.15) is 0 Å². The molecule has 4 aromatic rings. The summed E-state index contributed by atoms with van der Waals surface area (Å²) in [7, 11) is 0. The molecule has 1 aromatic carbocycles. The maximum atomic E-state index is 12.4. The Morgan fingerprint density at radius 1 is 1.18 bits per heavy atom. The summed E-state index contributed by atoms with van der Waals surface area (Å²) in [6, 6.07) is 10.3. The number of nitrogens with two attached hydrogens (primary N) is 1. The Morgan fingerprint density at radius 2 is 2.00 bits per heavy atom. The predicted molar refractivity (Wildman–Crippen MR) is 125 cm³/mol. The van der Waals surface area contributed by atoms with Crippen LogP contribution in [0.3, 0.4) is 0 Å². The minimum Gasteiger partial charge on any atom is -0.489 e. The molecule has 0 spiro atoms. The van der Waals surface area contributed by atoms with E-state index in [0.717, 1.165) is 5.56 Å². The van der Waals surface area contributed by atoms with Gasteiger partial charge in [-0.05, 0) is 36.6 Å². The van der Waals surface area contributed by atoms with Gasteiger partial charge in [0.25, 0.3) is 5.91 Å². The number of amides is 1. The van der Waals surface area contributed by atoms with Crippen LogP contribution in [0.4, 0.5) is 16.3 Å². The SMILES string of the molecule is CCOC(=O)Oc1cnc(N)c2c(COc3cccc(NC(=O)c4ccncc4)c3)csc12. The molecule has 0 atom stereocenters. The maximum Gasteiger partial charge on any atom is 0.513 e. The minimum absolute atomic E-state index is 0.204. The fourth-order valence-electron chi connectivity index (χ4n) is 3.05. The third kappa shape index (κ3) is 5.18. The summed E-state index contributed by atoms with van der Waals surface area (Å²) in [5.74, 6) is 0.896. The number of nitrogen functional groups attached to an aromatic ring is 1. The van der Waals surface area contributed by atoms with Crippen LogP contribution in [0, 0.1) is 0 Å². The molecule has 0 aliphatic rings. The molecule has 0 saturated heterocycles. The molecule has 4 rings (SSSR count). The van der Waals surface area contributed by atoms with Crippen LogP contribution < -0.4 is 20.5 Å². The Kier molecular flexibility index (Phi) is 6.65. The van der Waals surface area contributed by atoms with Gasteiger partial charge in [0.05, 0.1) is 17.5 Å². The highest BCUT2D eigenvalue weighted by atomic mass is 32.1. The van der Waals surface area contributed by atoms with E-state index in [0.29, 0.717) is 32.9 Å². The van der Waals surface area contributed by atoms with Gasteiger partial charge in [-0.1, -0.05) is 6.07 Å². The Balaban J connectivity index is 1.48. The van der Waals surface area contributed by atoms with E-state index in [4.69, 9.17) is 19.9 Å². The second-order valence-corrected chi connectivity index (χ2v) is 7.64. The number of aromatic nitrogens is 2. The van der Waals surface area contributed by atoms with Gasteiger partial charge in [-0.3, -0.25) is 9.78 Å². The van der Waals surface area contributed by atoms with Crippen molar-refractivity contribution in [3.05, 3.63) is 71.5 Å². The molecule has 0 saturated carbocycles. The van der Waals surface area contributed by atoms with Crippen molar-refractivity contribution in [3.63, 3.8) is 0 Å². The fraction of sp³-hybridized carbons (Fsp3) is 0.130. The van der Waals surface area contributed by atoms with Gasteiger partial charge in [0, 0.05) is 40.7 Å². The number of nitrogens with zero attached hydrogens (tertiary/aromatic N) is 2. The van der Waals surface area contributed by atoms with Crippen LogP contribution in [0.25, 0.3) is 10.1 Å². The number of ether oxygens (including phenoxy) is 3. The van der Waals surface area contributed by atoms with Crippen LogP contribution in [-0.4, -0.2) is 28.6 Å². The standard InChI is InChI=1S/C23H20N4O5S/c1-2-30-23(29)32-18-11-26-21(24)19-15(13-33-20(18)19)12-31-17-5-3-4-16(10-17)27-22(28)14-6-8-25-9-7-14/h3-11,13H,2,12H2,1H3,(H2,24,26)(H,27,28). The van der Waals surface area contributed by atoms with E-state index in [1.165, 1.54) is 17.5 Å². The van der Waals surface area contributed by atoms with Crippen LogP contribution in [0.1, 0.15) is 22.8 Å². The number of thiophene rings is 1. The zero-order chi connectivity index (χ0) is 23.2. The number of benzene rings is 1. The number of hydrogen-bond donors (Lipinski definition) is 2. The quantitative estimate of drug-likeness (QED) is 0.379. The van der Waals surface area contributed by atoms with Gasteiger partial charge in [0.15, 0.2) is 5.75 Å². The minimum atomic E-state index is -0.804. The van der Waals surface area contributed by atoms with Crippen LogP contribution in [0.2, 0.25) is 0 Å². The van der Waals surface area contributed by atoms with Crippen molar-refractivity contribution in [2.75, 3.05) is 17.7 Å². The van der Waals surface area contributed by atoms with Gasteiger partial charge in [-0.25, -0.2) is 9.78 Å². The van der Waals surface area contributed by atoms with Crippen molar-refractivity contribution in [3.8, 4) is 11.5 Å². The summed E-state index contributed by atoms with van der Waals surface area (Å²) < 4.78 is 16.7. The van der Waals surface area contributed by atoms with E-state index >= 15 is 0 Å². The topological polar surface area (TPSA) is 126 Å². The second-order valence-electron chi connectivity index (χ2n) is 6.76. The number of anilines is 2. The maximum absolute atomic E-state index is 12.4. The highest BCUT2D eigenvalue weighted by Gasteiger charge is 2.17. The molecule has 0 aliphatic heterocycles. The fourth-order valence-corrected chi connectivity index (χ4v) is 4.06. The number of rotatable bonds is 7. The number of carbonyl (C=O) groups excluding carboxylic acids is 2.